The maximum absolute atomic E-state index is 13.6. The number of amides is 1. The Labute approximate surface area is 242 Å². The van der Waals surface area contributed by atoms with Crippen LogP contribution in [0.5, 0.6) is 5.75 Å². The highest BCUT2D eigenvalue weighted by Crippen LogP contribution is 2.28. The largest absolute Gasteiger partial charge is 0.492 e. The maximum Gasteiger partial charge on any atom is 0.412 e. The number of nitro benzene ring substituents is 1. The topological polar surface area (TPSA) is 167 Å². The number of rotatable bonds is 11. The van der Waals surface area contributed by atoms with Crippen LogP contribution in [0.3, 0.4) is 0 Å². The predicted octanol–water partition coefficient (Wildman–Crippen LogP) is 5.26. The molecule has 3 aromatic carbocycles. The van der Waals surface area contributed by atoms with Gasteiger partial charge in [-0.2, -0.15) is 4.31 Å². The van der Waals surface area contributed by atoms with E-state index in [1.54, 1.807) is 69.3 Å². The van der Waals surface area contributed by atoms with Crippen molar-refractivity contribution in [1.82, 2.24) is 14.5 Å². The minimum Gasteiger partial charge on any atom is -0.492 e. The van der Waals surface area contributed by atoms with Gasteiger partial charge in [0.2, 0.25) is 11.8 Å². The van der Waals surface area contributed by atoms with Crippen molar-refractivity contribution in [3.63, 3.8) is 0 Å². The number of benzene rings is 3. The Morgan fingerprint density at radius 2 is 1.67 bits per heavy atom. The molecule has 0 radical (unpaired) electrons. The van der Waals surface area contributed by atoms with E-state index >= 15 is 0 Å². The van der Waals surface area contributed by atoms with Crippen molar-refractivity contribution < 1.29 is 32.0 Å². The molecule has 0 saturated heterocycles. The van der Waals surface area contributed by atoms with Gasteiger partial charge in [-0.05, 0) is 63.2 Å². The number of ether oxygens (including phenoxy) is 2. The maximum atomic E-state index is 13.6. The molecule has 4 rings (SSSR count). The van der Waals surface area contributed by atoms with E-state index in [1.165, 1.54) is 18.2 Å². The second-order valence-electron chi connectivity index (χ2n) is 9.93. The number of hydrogen-bond donors (Lipinski definition) is 1. The first kappa shape index (κ1) is 30.1. The summed E-state index contributed by atoms with van der Waals surface area (Å²) in [5, 5.41) is 22.2. The number of aromatic nitrogens is 2. The average Bonchev–Trinajstić information content (AvgIpc) is 3.41. The molecular formula is C28H29N5O8S. The smallest absolute Gasteiger partial charge is 0.412 e. The molecule has 0 fully saturated rings. The lowest BCUT2D eigenvalue weighted by atomic mass is 10.2. The highest BCUT2D eigenvalue weighted by molar-refractivity contribution is 7.89. The molecule has 0 atom stereocenters. The summed E-state index contributed by atoms with van der Waals surface area (Å²) in [6.07, 6.45) is -0.605. The van der Waals surface area contributed by atoms with Crippen LogP contribution in [0.25, 0.3) is 11.5 Å². The van der Waals surface area contributed by atoms with Crippen molar-refractivity contribution in [1.29, 1.82) is 0 Å². The molecule has 1 heterocycles. The lowest BCUT2D eigenvalue weighted by Crippen LogP contribution is -2.34. The number of sulfonamides is 1. The molecule has 1 aromatic heterocycles. The van der Waals surface area contributed by atoms with Gasteiger partial charge >= 0.3 is 6.09 Å². The van der Waals surface area contributed by atoms with Crippen LogP contribution < -0.4 is 10.1 Å². The van der Waals surface area contributed by atoms with E-state index in [0.29, 0.717) is 17.0 Å². The molecule has 13 nitrogen and oxygen atoms in total. The van der Waals surface area contributed by atoms with Gasteiger partial charge in [0.25, 0.3) is 15.7 Å². The van der Waals surface area contributed by atoms with Gasteiger partial charge in [0.05, 0.1) is 11.5 Å². The van der Waals surface area contributed by atoms with Gasteiger partial charge in [-0.1, -0.05) is 30.3 Å². The molecule has 220 valence electrons. The third kappa shape index (κ3) is 7.89. The van der Waals surface area contributed by atoms with Crippen molar-refractivity contribution in [2.24, 2.45) is 0 Å². The van der Waals surface area contributed by atoms with Gasteiger partial charge in [-0.15, -0.1) is 10.2 Å². The Hall–Kier alpha value is -4.82. The van der Waals surface area contributed by atoms with Crippen LogP contribution in [0.15, 0.2) is 88.2 Å². The summed E-state index contributed by atoms with van der Waals surface area (Å²) in [7, 11) is -4.38. The second-order valence-corrected chi connectivity index (χ2v) is 11.8. The average molecular weight is 596 g/mol. The van der Waals surface area contributed by atoms with Crippen LogP contribution in [0.1, 0.15) is 26.7 Å². The number of carbonyl (C=O) groups is 1. The molecule has 4 aromatic rings. The molecule has 0 unspecified atom stereocenters. The quantitative estimate of drug-likeness (QED) is 0.178. The number of nitrogens with one attached hydrogen (secondary N) is 1. The number of hydrogen-bond acceptors (Lipinski definition) is 10. The minimum absolute atomic E-state index is 0.0390. The van der Waals surface area contributed by atoms with E-state index in [1.807, 2.05) is 6.07 Å². The highest BCUT2D eigenvalue weighted by atomic mass is 32.2. The summed E-state index contributed by atoms with van der Waals surface area (Å²) >= 11 is 0. The summed E-state index contributed by atoms with van der Waals surface area (Å²) in [6, 6.07) is 20.4. The SMILES string of the molecule is CC(C)(C)OC(=O)Nc1ccc(-c2nnc(CN(CCOc3ccccc3)S(=O)(=O)c3ccccc3[N+](=O)[O-])o2)cc1. The van der Waals surface area contributed by atoms with Gasteiger partial charge in [0, 0.05) is 23.9 Å². The molecule has 0 bridgehead atoms. The monoisotopic (exact) mass is 595 g/mol. The molecule has 0 spiro atoms. The zero-order chi connectivity index (χ0) is 30.3. The number of nitro groups is 1. The van der Waals surface area contributed by atoms with E-state index < -0.39 is 37.2 Å². The van der Waals surface area contributed by atoms with Crippen molar-refractivity contribution in [2.75, 3.05) is 18.5 Å². The predicted molar refractivity (Wildman–Crippen MR) is 152 cm³/mol. The first-order valence-corrected chi connectivity index (χ1v) is 14.2. The number of para-hydroxylation sites is 2. The van der Waals surface area contributed by atoms with E-state index in [4.69, 9.17) is 13.9 Å². The van der Waals surface area contributed by atoms with E-state index in [2.05, 4.69) is 15.5 Å². The molecule has 14 heteroatoms. The van der Waals surface area contributed by atoms with Crippen molar-refractivity contribution in [2.45, 2.75) is 37.8 Å². The molecule has 0 aliphatic heterocycles. The second kappa shape index (κ2) is 12.8. The summed E-state index contributed by atoms with van der Waals surface area (Å²) < 4.78 is 44.9. The van der Waals surface area contributed by atoms with Crippen LogP contribution in [-0.2, 0) is 21.3 Å². The van der Waals surface area contributed by atoms with Crippen molar-refractivity contribution >= 4 is 27.5 Å². The fourth-order valence-electron chi connectivity index (χ4n) is 3.73. The zero-order valence-corrected chi connectivity index (χ0v) is 23.9. The fraction of sp³-hybridized carbons (Fsp3) is 0.250. The Bertz CT molecular complexity index is 1630. The lowest BCUT2D eigenvalue weighted by molar-refractivity contribution is -0.387. The Morgan fingerprint density at radius 1 is 1.00 bits per heavy atom. The van der Waals surface area contributed by atoms with E-state index in [0.717, 1.165) is 10.4 Å². The van der Waals surface area contributed by atoms with Gasteiger partial charge in [-0.25, -0.2) is 13.2 Å². The first-order chi connectivity index (χ1) is 19.9. The third-order valence-electron chi connectivity index (χ3n) is 5.59. The third-order valence-corrected chi connectivity index (χ3v) is 7.48. The minimum atomic E-state index is -4.38. The fourth-order valence-corrected chi connectivity index (χ4v) is 5.26. The van der Waals surface area contributed by atoms with Crippen LogP contribution >= 0.6 is 0 Å². The standard InChI is InChI=1S/C28H29N5O8S/c1-28(2,3)41-27(34)29-21-15-13-20(14-16-21)26-31-30-25(40-26)19-32(17-18-39-22-9-5-4-6-10-22)42(37,38)24-12-8-7-11-23(24)33(35)36/h4-16H,17-19H2,1-3H3,(H,29,34). The van der Waals surface area contributed by atoms with Gasteiger partial charge in [0.15, 0.2) is 4.90 Å². The van der Waals surface area contributed by atoms with Gasteiger partial charge in [-0.3, -0.25) is 15.4 Å². The van der Waals surface area contributed by atoms with Gasteiger partial charge < -0.3 is 13.9 Å². The Kier molecular flexibility index (Phi) is 9.18. The van der Waals surface area contributed by atoms with Crippen molar-refractivity contribution in [3.05, 3.63) is 94.9 Å². The molecule has 0 aliphatic rings. The van der Waals surface area contributed by atoms with E-state index in [-0.39, 0.29) is 31.5 Å². The molecule has 1 amide bonds. The molecule has 0 aliphatic carbocycles. The summed E-state index contributed by atoms with van der Waals surface area (Å²) in [4.78, 5) is 22.4. The normalized spacial score (nSPS) is 11.7. The molecule has 0 saturated carbocycles. The first-order valence-electron chi connectivity index (χ1n) is 12.8. The lowest BCUT2D eigenvalue weighted by Gasteiger charge is -2.20. The van der Waals surface area contributed by atoms with Gasteiger partial charge in [0.1, 0.15) is 18.0 Å². The number of anilines is 1. The highest BCUT2D eigenvalue weighted by Gasteiger charge is 2.32. The van der Waals surface area contributed by atoms with Crippen molar-refractivity contribution in [3.8, 4) is 17.2 Å². The summed E-state index contributed by atoms with van der Waals surface area (Å²) in [6.45, 7) is 4.70. The molecule has 1 N–H and O–H groups in total. The molecule has 42 heavy (non-hydrogen) atoms. The Morgan fingerprint density at radius 3 is 2.33 bits per heavy atom. The van der Waals surface area contributed by atoms with E-state index in [9.17, 15) is 23.3 Å². The zero-order valence-electron chi connectivity index (χ0n) is 23.1. The Balaban J connectivity index is 1.53. The summed E-state index contributed by atoms with van der Waals surface area (Å²) in [5.74, 6) is 0.602. The van der Waals surface area contributed by atoms with Crippen LogP contribution in [-0.4, -0.2) is 52.7 Å². The molecular weight excluding hydrogens is 566 g/mol. The summed E-state index contributed by atoms with van der Waals surface area (Å²) in [5.41, 5.74) is -0.209. The van der Waals surface area contributed by atoms with Crippen LogP contribution in [0.4, 0.5) is 16.2 Å². The number of carbonyl (C=O) groups excluding carboxylic acids is 1. The van der Waals surface area contributed by atoms with Crippen LogP contribution in [0, 0.1) is 10.1 Å². The van der Waals surface area contributed by atoms with Crippen LogP contribution in [0.2, 0.25) is 0 Å². The number of nitrogens with zero attached hydrogens (tertiary/aromatic N) is 4.